The second-order valence-electron chi connectivity index (χ2n) is 9.29. The third-order valence-corrected chi connectivity index (χ3v) is 6.63. The molecule has 0 bridgehead atoms. The summed E-state index contributed by atoms with van der Waals surface area (Å²) in [4.78, 5) is 22.3. The number of hydrogen-bond donors (Lipinski definition) is 0. The Hall–Kier alpha value is -3.12. The SMILES string of the molecule is Cc1cn2cc(-c3cc4ccc(N5CCN(C(C)C)C(C)C5)cc4oc3=O)cc2c(C)n1. The molecule has 5 rings (SSSR count). The third kappa shape index (κ3) is 3.58. The minimum Gasteiger partial charge on any atom is -0.422 e. The smallest absolute Gasteiger partial charge is 0.344 e. The van der Waals surface area contributed by atoms with Gasteiger partial charge in [-0.1, -0.05) is 0 Å². The van der Waals surface area contributed by atoms with Crippen molar-refractivity contribution in [3.05, 3.63) is 64.5 Å². The Morgan fingerprint density at radius 2 is 1.91 bits per heavy atom. The summed E-state index contributed by atoms with van der Waals surface area (Å²) >= 11 is 0. The van der Waals surface area contributed by atoms with Gasteiger partial charge in [0.05, 0.1) is 22.5 Å². The first kappa shape index (κ1) is 20.8. The Balaban J connectivity index is 1.49. The van der Waals surface area contributed by atoms with Crippen molar-refractivity contribution in [2.45, 2.75) is 46.7 Å². The molecule has 32 heavy (non-hydrogen) atoms. The zero-order chi connectivity index (χ0) is 22.6. The average Bonchev–Trinajstić information content (AvgIpc) is 3.16. The van der Waals surface area contributed by atoms with E-state index in [4.69, 9.17) is 4.42 Å². The zero-order valence-corrected chi connectivity index (χ0v) is 19.4. The van der Waals surface area contributed by atoms with Gasteiger partial charge in [-0.05, 0) is 58.9 Å². The van der Waals surface area contributed by atoms with Gasteiger partial charge in [0.15, 0.2) is 0 Å². The zero-order valence-electron chi connectivity index (χ0n) is 19.4. The van der Waals surface area contributed by atoms with E-state index in [2.05, 4.69) is 47.7 Å². The highest BCUT2D eigenvalue weighted by Gasteiger charge is 2.25. The minimum absolute atomic E-state index is 0.314. The summed E-state index contributed by atoms with van der Waals surface area (Å²) in [7, 11) is 0. The Bertz CT molecular complexity index is 1370. The predicted octanol–water partition coefficient (Wildman–Crippen LogP) is 4.64. The van der Waals surface area contributed by atoms with Crippen molar-refractivity contribution >= 4 is 22.2 Å². The average molecular weight is 431 g/mol. The summed E-state index contributed by atoms with van der Waals surface area (Å²) in [6, 6.07) is 11.2. The van der Waals surface area contributed by atoms with Gasteiger partial charge in [0.1, 0.15) is 5.58 Å². The standard InChI is InChI=1S/C26H30N4O2/c1-16(2)30-9-8-28(14-18(30)4)22-7-6-20-10-23(26(31)32-25(20)12-22)21-11-24-19(5)27-17(3)13-29(24)15-21/h6-7,10-13,15-16,18H,8-9,14H2,1-5H3. The maximum atomic E-state index is 12.9. The highest BCUT2D eigenvalue weighted by atomic mass is 16.4. The minimum atomic E-state index is -0.314. The van der Waals surface area contributed by atoms with Crippen LogP contribution >= 0.6 is 0 Å². The molecule has 1 unspecified atom stereocenters. The fourth-order valence-corrected chi connectivity index (χ4v) is 5.05. The molecule has 0 radical (unpaired) electrons. The third-order valence-electron chi connectivity index (χ3n) is 6.63. The first-order valence-electron chi connectivity index (χ1n) is 11.3. The van der Waals surface area contributed by atoms with Crippen molar-refractivity contribution < 1.29 is 4.42 Å². The van der Waals surface area contributed by atoms with Gasteiger partial charge in [0.2, 0.25) is 0 Å². The van der Waals surface area contributed by atoms with Crippen LogP contribution in [0.25, 0.3) is 27.6 Å². The van der Waals surface area contributed by atoms with E-state index in [0.29, 0.717) is 23.2 Å². The Labute approximate surface area is 188 Å². The lowest BCUT2D eigenvalue weighted by Gasteiger charge is -2.43. The summed E-state index contributed by atoms with van der Waals surface area (Å²) in [5.41, 5.74) is 5.73. The number of hydrogen-bond acceptors (Lipinski definition) is 5. The predicted molar refractivity (Wildman–Crippen MR) is 130 cm³/mol. The van der Waals surface area contributed by atoms with Crippen molar-refractivity contribution in [3.8, 4) is 11.1 Å². The van der Waals surface area contributed by atoms with E-state index in [1.54, 1.807) is 0 Å². The van der Waals surface area contributed by atoms with Crippen molar-refractivity contribution in [2.24, 2.45) is 0 Å². The van der Waals surface area contributed by atoms with Gasteiger partial charge in [-0.25, -0.2) is 4.79 Å². The molecule has 166 valence electrons. The summed E-state index contributed by atoms with van der Waals surface area (Å²) in [6.45, 7) is 13.7. The number of aromatic nitrogens is 2. The number of anilines is 1. The molecular weight excluding hydrogens is 400 g/mol. The normalized spacial score (nSPS) is 17.7. The van der Waals surface area contributed by atoms with Crippen LogP contribution in [-0.2, 0) is 0 Å². The number of nitrogens with zero attached hydrogens (tertiary/aromatic N) is 4. The fraction of sp³-hybridized carbons (Fsp3) is 0.385. The summed E-state index contributed by atoms with van der Waals surface area (Å²) in [5.74, 6) is 0. The molecule has 0 amide bonds. The second-order valence-corrected chi connectivity index (χ2v) is 9.29. The summed E-state index contributed by atoms with van der Waals surface area (Å²) < 4.78 is 7.82. The van der Waals surface area contributed by atoms with Gasteiger partial charge in [0, 0.05) is 66.8 Å². The molecule has 0 spiro atoms. The molecule has 0 saturated carbocycles. The molecule has 1 aliphatic heterocycles. The number of benzene rings is 1. The monoisotopic (exact) mass is 430 g/mol. The van der Waals surface area contributed by atoms with Crippen LogP contribution in [0.4, 0.5) is 5.69 Å². The summed E-state index contributed by atoms with van der Waals surface area (Å²) in [6.07, 6.45) is 3.94. The van der Waals surface area contributed by atoms with Gasteiger partial charge in [0.25, 0.3) is 0 Å². The quantitative estimate of drug-likeness (QED) is 0.443. The van der Waals surface area contributed by atoms with E-state index in [0.717, 1.165) is 53.2 Å². The lowest BCUT2D eigenvalue weighted by atomic mass is 10.1. The molecule has 3 aromatic heterocycles. The number of aryl methyl sites for hydroxylation is 2. The number of rotatable bonds is 3. The van der Waals surface area contributed by atoms with Crippen LogP contribution in [0.1, 0.15) is 32.2 Å². The molecule has 1 saturated heterocycles. The molecule has 0 aliphatic carbocycles. The van der Waals surface area contributed by atoms with Crippen LogP contribution in [0.15, 0.2) is 51.9 Å². The van der Waals surface area contributed by atoms with E-state index in [1.807, 2.05) is 48.8 Å². The van der Waals surface area contributed by atoms with Crippen molar-refractivity contribution in [1.29, 1.82) is 0 Å². The summed E-state index contributed by atoms with van der Waals surface area (Å²) in [5, 5.41) is 0.929. The van der Waals surface area contributed by atoms with Crippen LogP contribution in [-0.4, -0.2) is 46.0 Å². The van der Waals surface area contributed by atoms with E-state index in [9.17, 15) is 4.79 Å². The fourth-order valence-electron chi connectivity index (χ4n) is 5.05. The highest BCUT2D eigenvalue weighted by Crippen LogP contribution is 2.28. The molecule has 1 aromatic carbocycles. The van der Waals surface area contributed by atoms with Gasteiger partial charge in [-0.2, -0.15) is 0 Å². The molecule has 6 nitrogen and oxygen atoms in total. The van der Waals surface area contributed by atoms with Gasteiger partial charge in [-0.3, -0.25) is 9.88 Å². The van der Waals surface area contributed by atoms with Gasteiger partial charge >= 0.3 is 5.63 Å². The van der Waals surface area contributed by atoms with E-state index < -0.39 is 0 Å². The number of fused-ring (bicyclic) bond motifs is 2. The Morgan fingerprint density at radius 3 is 2.66 bits per heavy atom. The molecule has 1 aliphatic rings. The first-order valence-corrected chi connectivity index (χ1v) is 11.3. The molecule has 1 atom stereocenters. The molecule has 0 N–H and O–H groups in total. The maximum absolute atomic E-state index is 12.9. The van der Waals surface area contributed by atoms with Gasteiger partial charge in [-0.15, -0.1) is 0 Å². The second kappa shape index (κ2) is 7.78. The molecule has 4 heterocycles. The van der Waals surface area contributed by atoms with Crippen LogP contribution in [0.2, 0.25) is 0 Å². The van der Waals surface area contributed by atoms with Crippen LogP contribution in [0.3, 0.4) is 0 Å². The van der Waals surface area contributed by atoms with E-state index in [-0.39, 0.29) is 5.63 Å². The van der Waals surface area contributed by atoms with Crippen LogP contribution in [0, 0.1) is 13.8 Å². The molecular formula is C26H30N4O2. The van der Waals surface area contributed by atoms with Crippen molar-refractivity contribution in [3.63, 3.8) is 0 Å². The molecule has 1 fully saturated rings. The highest BCUT2D eigenvalue weighted by molar-refractivity contribution is 5.85. The van der Waals surface area contributed by atoms with E-state index in [1.165, 1.54) is 0 Å². The number of piperazine rings is 1. The van der Waals surface area contributed by atoms with E-state index >= 15 is 0 Å². The topological polar surface area (TPSA) is 54.0 Å². The van der Waals surface area contributed by atoms with Gasteiger partial charge < -0.3 is 13.7 Å². The van der Waals surface area contributed by atoms with Crippen LogP contribution in [0.5, 0.6) is 0 Å². The lowest BCUT2D eigenvalue weighted by molar-refractivity contribution is 0.148. The molecule has 4 aromatic rings. The maximum Gasteiger partial charge on any atom is 0.344 e. The van der Waals surface area contributed by atoms with Crippen molar-refractivity contribution in [1.82, 2.24) is 14.3 Å². The largest absolute Gasteiger partial charge is 0.422 e. The van der Waals surface area contributed by atoms with Crippen molar-refractivity contribution in [2.75, 3.05) is 24.5 Å². The first-order chi connectivity index (χ1) is 15.3. The lowest BCUT2D eigenvalue weighted by Crippen LogP contribution is -2.54. The Kier molecular flexibility index (Phi) is 5.05. The molecule has 6 heteroatoms. The van der Waals surface area contributed by atoms with Crippen LogP contribution < -0.4 is 10.5 Å². The Morgan fingerprint density at radius 1 is 1.09 bits per heavy atom.